The molecule has 0 spiro atoms. The van der Waals surface area contributed by atoms with E-state index >= 15 is 0 Å². The van der Waals surface area contributed by atoms with Crippen molar-refractivity contribution in [3.05, 3.63) is 70.7 Å². The Labute approximate surface area is 182 Å². The van der Waals surface area contributed by atoms with Gasteiger partial charge in [-0.25, -0.2) is 4.98 Å². The lowest BCUT2D eigenvalue weighted by Gasteiger charge is -2.14. The van der Waals surface area contributed by atoms with Gasteiger partial charge in [0.15, 0.2) is 18.1 Å². The number of imidazole rings is 1. The number of halogens is 1. The van der Waals surface area contributed by atoms with Gasteiger partial charge in [0.05, 0.1) is 22.6 Å². The summed E-state index contributed by atoms with van der Waals surface area (Å²) in [5.41, 5.74) is 4.43. The number of carbonyl (C=O) groups is 1. The molecule has 152 valence electrons. The highest BCUT2D eigenvalue weighted by Crippen LogP contribution is 2.39. The first-order valence-electron chi connectivity index (χ1n) is 9.36. The molecule has 1 heterocycles. The van der Waals surface area contributed by atoms with Crippen molar-refractivity contribution in [3.8, 4) is 22.9 Å². The average molecular weight is 466 g/mol. The smallest absolute Gasteiger partial charge is 0.262 e. The summed E-state index contributed by atoms with van der Waals surface area (Å²) in [6.07, 6.45) is 0. The maximum atomic E-state index is 12.3. The van der Waals surface area contributed by atoms with Gasteiger partial charge in [-0.1, -0.05) is 30.3 Å². The van der Waals surface area contributed by atoms with Crippen molar-refractivity contribution in [2.75, 3.05) is 19.0 Å². The zero-order chi connectivity index (χ0) is 21.1. The van der Waals surface area contributed by atoms with Crippen molar-refractivity contribution in [2.45, 2.75) is 6.92 Å². The molecule has 6 nitrogen and oxygen atoms in total. The van der Waals surface area contributed by atoms with Gasteiger partial charge in [0, 0.05) is 11.3 Å². The maximum absolute atomic E-state index is 12.3. The van der Waals surface area contributed by atoms with E-state index in [1.807, 2.05) is 67.6 Å². The second kappa shape index (κ2) is 8.59. The van der Waals surface area contributed by atoms with Crippen LogP contribution in [0.25, 0.3) is 22.4 Å². The number of nitrogens with zero attached hydrogens (tertiary/aromatic N) is 1. The molecular formula is C23H20BrN3O3. The number of aryl methyl sites for hydroxylation is 1. The summed E-state index contributed by atoms with van der Waals surface area (Å²) in [4.78, 5) is 20.3. The first-order valence-corrected chi connectivity index (χ1v) is 10.2. The molecule has 30 heavy (non-hydrogen) atoms. The molecule has 1 amide bonds. The molecule has 0 radical (unpaired) electrons. The van der Waals surface area contributed by atoms with Crippen LogP contribution in [0.4, 0.5) is 5.69 Å². The zero-order valence-electron chi connectivity index (χ0n) is 16.5. The fourth-order valence-electron chi connectivity index (χ4n) is 3.12. The van der Waals surface area contributed by atoms with Crippen LogP contribution in [0.15, 0.2) is 65.1 Å². The molecule has 0 atom stereocenters. The zero-order valence-corrected chi connectivity index (χ0v) is 18.1. The van der Waals surface area contributed by atoms with Gasteiger partial charge in [0.2, 0.25) is 0 Å². The van der Waals surface area contributed by atoms with Crippen molar-refractivity contribution in [1.82, 2.24) is 9.97 Å². The van der Waals surface area contributed by atoms with Gasteiger partial charge in [-0.3, -0.25) is 4.79 Å². The van der Waals surface area contributed by atoms with Crippen molar-refractivity contribution < 1.29 is 14.3 Å². The number of aromatic nitrogens is 2. The standard InChI is InChI=1S/C23H20BrN3O3/c1-14-7-3-4-8-17(14)25-21(28)13-30-22-16(24)11-15(12-20(22)29-2)23-26-18-9-5-6-10-19(18)27-23/h3-12H,13H2,1-2H3,(H,25,28)(H,26,27). The van der Waals surface area contributed by atoms with Crippen LogP contribution < -0.4 is 14.8 Å². The van der Waals surface area contributed by atoms with E-state index in [2.05, 4.69) is 31.2 Å². The Kier molecular flexibility index (Phi) is 5.72. The van der Waals surface area contributed by atoms with Gasteiger partial charge in [0.25, 0.3) is 5.91 Å². The number of ether oxygens (including phenoxy) is 2. The van der Waals surface area contributed by atoms with E-state index in [0.717, 1.165) is 33.7 Å². The normalized spacial score (nSPS) is 10.8. The number of amides is 1. The summed E-state index contributed by atoms with van der Waals surface area (Å²) < 4.78 is 11.9. The van der Waals surface area contributed by atoms with Crippen LogP contribution in [0.2, 0.25) is 0 Å². The minimum absolute atomic E-state index is 0.146. The van der Waals surface area contributed by atoms with Gasteiger partial charge < -0.3 is 19.8 Å². The van der Waals surface area contributed by atoms with E-state index in [4.69, 9.17) is 9.47 Å². The van der Waals surface area contributed by atoms with Gasteiger partial charge in [-0.05, 0) is 58.7 Å². The third-order valence-electron chi connectivity index (χ3n) is 4.66. The van der Waals surface area contributed by atoms with E-state index < -0.39 is 0 Å². The number of methoxy groups -OCH3 is 1. The number of rotatable bonds is 6. The molecule has 4 aromatic rings. The first-order chi connectivity index (χ1) is 14.5. The molecule has 3 aromatic carbocycles. The summed E-state index contributed by atoms with van der Waals surface area (Å²) in [6.45, 7) is 1.79. The van der Waals surface area contributed by atoms with Gasteiger partial charge >= 0.3 is 0 Å². The highest BCUT2D eigenvalue weighted by Gasteiger charge is 2.16. The Bertz CT molecular complexity index is 1190. The molecule has 1 aromatic heterocycles. The molecule has 0 bridgehead atoms. The van der Waals surface area contributed by atoms with E-state index in [-0.39, 0.29) is 12.5 Å². The van der Waals surface area contributed by atoms with Crippen LogP contribution >= 0.6 is 15.9 Å². The Morgan fingerprint density at radius 3 is 2.67 bits per heavy atom. The van der Waals surface area contributed by atoms with Gasteiger partial charge in [-0.15, -0.1) is 0 Å². The van der Waals surface area contributed by atoms with Crippen LogP contribution in [0.1, 0.15) is 5.56 Å². The number of anilines is 1. The number of H-pyrrole nitrogens is 1. The monoisotopic (exact) mass is 465 g/mol. The lowest BCUT2D eigenvalue weighted by molar-refractivity contribution is -0.118. The van der Waals surface area contributed by atoms with Crippen LogP contribution in [0.3, 0.4) is 0 Å². The van der Waals surface area contributed by atoms with Gasteiger partial charge in [-0.2, -0.15) is 0 Å². The molecular weight excluding hydrogens is 446 g/mol. The van der Waals surface area contributed by atoms with Crippen molar-refractivity contribution in [1.29, 1.82) is 0 Å². The Balaban J connectivity index is 1.53. The third kappa shape index (κ3) is 4.16. The van der Waals surface area contributed by atoms with Crippen molar-refractivity contribution in [3.63, 3.8) is 0 Å². The number of benzene rings is 3. The number of hydrogen-bond donors (Lipinski definition) is 2. The highest BCUT2D eigenvalue weighted by molar-refractivity contribution is 9.10. The van der Waals surface area contributed by atoms with Crippen molar-refractivity contribution >= 4 is 38.6 Å². The molecule has 7 heteroatoms. The predicted octanol–water partition coefficient (Wildman–Crippen LogP) is 5.33. The summed E-state index contributed by atoms with van der Waals surface area (Å²) in [5.74, 6) is 1.43. The summed E-state index contributed by atoms with van der Waals surface area (Å²) in [7, 11) is 1.56. The fourth-order valence-corrected chi connectivity index (χ4v) is 3.68. The largest absolute Gasteiger partial charge is 0.493 e. The minimum atomic E-state index is -0.250. The summed E-state index contributed by atoms with van der Waals surface area (Å²) >= 11 is 3.53. The molecule has 0 saturated carbocycles. The molecule has 0 saturated heterocycles. The topological polar surface area (TPSA) is 76.2 Å². The van der Waals surface area contributed by atoms with Crippen LogP contribution in [0.5, 0.6) is 11.5 Å². The Morgan fingerprint density at radius 1 is 1.13 bits per heavy atom. The van der Waals surface area contributed by atoms with Gasteiger partial charge in [0.1, 0.15) is 5.82 Å². The quantitative estimate of drug-likeness (QED) is 0.403. The lowest BCUT2D eigenvalue weighted by atomic mass is 10.2. The highest BCUT2D eigenvalue weighted by atomic mass is 79.9. The number of hydrogen-bond acceptors (Lipinski definition) is 4. The number of nitrogens with one attached hydrogen (secondary N) is 2. The number of aromatic amines is 1. The van der Waals surface area contributed by atoms with Crippen LogP contribution in [0, 0.1) is 6.92 Å². The number of para-hydroxylation sites is 3. The van der Waals surface area contributed by atoms with E-state index in [1.54, 1.807) is 7.11 Å². The van der Waals surface area contributed by atoms with Crippen LogP contribution in [-0.4, -0.2) is 29.6 Å². The predicted molar refractivity (Wildman–Crippen MR) is 121 cm³/mol. The minimum Gasteiger partial charge on any atom is -0.493 e. The first kappa shape index (κ1) is 20.0. The maximum Gasteiger partial charge on any atom is 0.262 e. The molecule has 0 unspecified atom stereocenters. The Hall–Kier alpha value is -3.32. The number of fused-ring (bicyclic) bond motifs is 1. The average Bonchev–Trinajstić information content (AvgIpc) is 3.18. The number of carbonyl (C=O) groups excluding carboxylic acids is 1. The lowest BCUT2D eigenvalue weighted by Crippen LogP contribution is -2.21. The second-order valence-corrected chi connectivity index (χ2v) is 7.60. The van der Waals surface area contributed by atoms with E-state index in [9.17, 15) is 4.79 Å². The molecule has 0 fully saturated rings. The molecule has 0 aliphatic heterocycles. The molecule has 0 aliphatic carbocycles. The fraction of sp³-hybridized carbons (Fsp3) is 0.130. The Morgan fingerprint density at radius 2 is 1.90 bits per heavy atom. The SMILES string of the molecule is COc1cc(-c2nc3ccccc3[nH]2)cc(Br)c1OCC(=O)Nc1ccccc1C. The van der Waals surface area contributed by atoms with Crippen LogP contribution in [-0.2, 0) is 4.79 Å². The van der Waals surface area contributed by atoms with E-state index in [1.165, 1.54) is 0 Å². The van der Waals surface area contributed by atoms with E-state index in [0.29, 0.717) is 16.0 Å². The second-order valence-electron chi connectivity index (χ2n) is 6.74. The summed E-state index contributed by atoms with van der Waals surface area (Å²) in [6, 6.07) is 19.1. The molecule has 0 aliphatic rings. The summed E-state index contributed by atoms with van der Waals surface area (Å²) in [5, 5.41) is 2.85. The molecule has 4 rings (SSSR count). The molecule has 2 N–H and O–H groups in total. The third-order valence-corrected chi connectivity index (χ3v) is 5.25. The van der Waals surface area contributed by atoms with Crippen molar-refractivity contribution in [2.24, 2.45) is 0 Å².